The fourth-order valence-electron chi connectivity index (χ4n) is 3.42. The maximum Gasteiger partial charge on any atom is 0.237 e. The minimum absolute atomic E-state index is 0.0370. The number of carbonyl (C=O) groups is 1. The number of hydrogen-bond donors (Lipinski definition) is 1. The van der Waals surface area contributed by atoms with Crippen molar-refractivity contribution in [3.8, 4) is 5.75 Å². The number of nitrogens with one attached hydrogen (secondary N) is 1. The summed E-state index contributed by atoms with van der Waals surface area (Å²) in [6.45, 7) is 4.49. The normalized spacial score (nSPS) is 14.5. The van der Waals surface area contributed by atoms with Gasteiger partial charge in [0.1, 0.15) is 21.9 Å². The molecule has 1 amide bonds. The van der Waals surface area contributed by atoms with Crippen LogP contribution in [0.3, 0.4) is 0 Å². The van der Waals surface area contributed by atoms with E-state index < -0.39 is 0 Å². The molecule has 28 heavy (non-hydrogen) atoms. The molecule has 1 aromatic carbocycles. The molecule has 3 aromatic rings. The van der Waals surface area contributed by atoms with Crippen LogP contribution in [0, 0.1) is 0 Å². The van der Waals surface area contributed by atoms with Crippen LogP contribution in [-0.2, 0) is 17.6 Å². The van der Waals surface area contributed by atoms with E-state index in [1.807, 2.05) is 38.1 Å². The smallest absolute Gasteiger partial charge is 0.237 e. The van der Waals surface area contributed by atoms with Crippen LogP contribution in [0.15, 0.2) is 35.6 Å². The number of carbonyl (C=O) groups excluding carboxylic acids is 1. The summed E-state index contributed by atoms with van der Waals surface area (Å²) in [7, 11) is 0. The van der Waals surface area contributed by atoms with E-state index in [9.17, 15) is 4.79 Å². The molecule has 4 rings (SSSR count). The third-order valence-corrected chi connectivity index (χ3v) is 7.11. The van der Waals surface area contributed by atoms with Gasteiger partial charge in [-0.05, 0) is 69.4 Å². The van der Waals surface area contributed by atoms with Crippen molar-refractivity contribution < 1.29 is 9.53 Å². The average molecular weight is 414 g/mol. The summed E-state index contributed by atoms with van der Waals surface area (Å²) in [5.74, 6) is 0.763. The number of thiophene rings is 1. The third kappa shape index (κ3) is 4.00. The Bertz CT molecular complexity index is 985. The molecule has 0 saturated carbocycles. The van der Waals surface area contributed by atoms with Crippen molar-refractivity contribution in [2.75, 3.05) is 11.9 Å². The van der Waals surface area contributed by atoms with Crippen LogP contribution in [0.5, 0.6) is 5.75 Å². The van der Waals surface area contributed by atoms with Crippen molar-refractivity contribution in [2.45, 2.75) is 49.8 Å². The first-order valence-electron chi connectivity index (χ1n) is 9.61. The van der Waals surface area contributed by atoms with Crippen molar-refractivity contribution >= 4 is 44.9 Å². The summed E-state index contributed by atoms with van der Waals surface area (Å²) < 4.78 is 5.44. The Morgan fingerprint density at radius 2 is 2.04 bits per heavy atom. The Balaban J connectivity index is 1.49. The lowest BCUT2D eigenvalue weighted by atomic mass is 9.97. The number of hydrogen-bond acceptors (Lipinski definition) is 6. The van der Waals surface area contributed by atoms with Crippen LogP contribution in [0.4, 0.5) is 5.69 Å². The molecule has 2 heterocycles. The molecule has 5 nitrogen and oxygen atoms in total. The monoisotopic (exact) mass is 413 g/mol. The van der Waals surface area contributed by atoms with Crippen molar-refractivity contribution in [3.63, 3.8) is 0 Å². The predicted molar refractivity (Wildman–Crippen MR) is 116 cm³/mol. The minimum Gasteiger partial charge on any atom is -0.494 e. The first-order chi connectivity index (χ1) is 13.7. The van der Waals surface area contributed by atoms with Gasteiger partial charge in [-0.2, -0.15) is 0 Å². The Morgan fingerprint density at radius 3 is 2.82 bits per heavy atom. The molecule has 1 N–H and O–H groups in total. The molecular weight excluding hydrogens is 390 g/mol. The number of thioether (sulfide) groups is 1. The Labute approximate surface area is 172 Å². The van der Waals surface area contributed by atoms with E-state index in [1.165, 1.54) is 35.0 Å². The predicted octanol–water partition coefficient (Wildman–Crippen LogP) is 5.09. The van der Waals surface area contributed by atoms with E-state index >= 15 is 0 Å². The van der Waals surface area contributed by atoms with Crippen molar-refractivity contribution in [2.24, 2.45) is 0 Å². The lowest BCUT2D eigenvalue weighted by Crippen LogP contribution is -2.22. The number of aryl methyl sites for hydroxylation is 2. The second kappa shape index (κ2) is 8.49. The molecule has 0 saturated heterocycles. The van der Waals surface area contributed by atoms with Gasteiger partial charge in [0, 0.05) is 16.0 Å². The van der Waals surface area contributed by atoms with E-state index in [-0.39, 0.29) is 11.2 Å². The van der Waals surface area contributed by atoms with Gasteiger partial charge >= 0.3 is 0 Å². The first-order valence-corrected chi connectivity index (χ1v) is 11.3. The number of nitrogens with zero attached hydrogens (tertiary/aromatic N) is 2. The molecule has 0 aliphatic heterocycles. The molecule has 0 bridgehead atoms. The van der Waals surface area contributed by atoms with Gasteiger partial charge in [-0.15, -0.1) is 11.3 Å². The standard InChI is InChI=1S/C21H23N3O2S2/c1-3-26-15-10-8-14(9-11-15)24-19(25)13(2)27-20-18-16-6-4-5-7-17(16)28-21(18)23-12-22-20/h8-13H,3-7H2,1-2H3,(H,24,25). The van der Waals surface area contributed by atoms with Gasteiger partial charge in [-0.3, -0.25) is 4.79 Å². The van der Waals surface area contributed by atoms with E-state index in [0.29, 0.717) is 6.61 Å². The summed E-state index contributed by atoms with van der Waals surface area (Å²) in [6.07, 6.45) is 6.29. The van der Waals surface area contributed by atoms with Crippen molar-refractivity contribution in [3.05, 3.63) is 41.0 Å². The van der Waals surface area contributed by atoms with Gasteiger partial charge in [0.15, 0.2) is 0 Å². The molecule has 7 heteroatoms. The van der Waals surface area contributed by atoms with Crippen LogP contribution in [0.2, 0.25) is 0 Å². The molecule has 0 spiro atoms. The fourth-order valence-corrected chi connectivity index (χ4v) is 5.66. The second-order valence-corrected chi connectivity index (χ2v) is 9.19. The third-order valence-electron chi connectivity index (χ3n) is 4.81. The van der Waals surface area contributed by atoms with Gasteiger partial charge in [-0.25, -0.2) is 9.97 Å². The maximum atomic E-state index is 12.7. The summed E-state index contributed by atoms with van der Waals surface area (Å²) in [6, 6.07) is 7.45. The zero-order chi connectivity index (χ0) is 19.5. The molecule has 1 aliphatic carbocycles. The largest absolute Gasteiger partial charge is 0.494 e. The van der Waals surface area contributed by atoms with Gasteiger partial charge in [-0.1, -0.05) is 11.8 Å². The number of anilines is 1. The number of ether oxygens (including phenoxy) is 1. The molecule has 2 aromatic heterocycles. The highest BCUT2D eigenvalue weighted by molar-refractivity contribution is 8.00. The number of aromatic nitrogens is 2. The summed E-state index contributed by atoms with van der Waals surface area (Å²) >= 11 is 3.29. The zero-order valence-corrected chi connectivity index (χ0v) is 17.7. The molecular formula is C21H23N3O2S2. The molecule has 0 fully saturated rings. The Kier molecular flexibility index (Phi) is 5.82. The topological polar surface area (TPSA) is 64.1 Å². The van der Waals surface area contributed by atoms with E-state index in [0.717, 1.165) is 39.5 Å². The second-order valence-electron chi connectivity index (χ2n) is 6.78. The highest BCUT2D eigenvalue weighted by Gasteiger charge is 2.23. The lowest BCUT2D eigenvalue weighted by molar-refractivity contribution is -0.115. The van der Waals surface area contributed by atoms with Gasteiger partial charge in [0.2, 0.25) is 5.91 Å². The quantitative estimate of drug-likeness (QED) is 0.450. The fraction of sp³-hybridized carbons (Fsp3) is 0.381. The van der Waals surface area contributed by atoms with E-state index in [2.05, 4.69) is 15.3 Å². The van der Waals surface area contributed by atoms with Gasteiger partial charge < -0.3 is 10.1 Å². The van der Waals surface area contributed by atoms with E-state index in [1.54, 1.807) is 17.7 Å². The summed E-state index contributed by atoms with van der Waals surface area (Å²) in [4.78, 5) is 24.2. The van der Waals surface area contributed by atoms with Gasteiger partial charge in [0.05, 0.1) is 11.9 Å². The van der Waals surface area contributed by atoms with Crippen LogP contribution in [0.25, 0.3) is 10.2 Å². The first kappa shape index (κ1) is 19.2. The minimum atomic E-state index is -0.260. The Hall–Kier alpha value is -2.12. The van der Waals surface area contributed by atoms with E-state index in [4.69, 9.17) is 4.74 Å². The average Bonchev–Trinajstić information content (AvgIpc) is 3.09. The maximum absolute atomic E-state index is 12.7. The van der Waals surface area contributed by atoms with Crippen molar-refractivity contribution in [1.82, 2.24) is 9.97 Å². The number of fused-ring (bicyclic) bond motifs is 3. The highest BCUT2D eigenvalue weighted by Crippen LogP contribution is 2.40. The SMILES string of the molecule is CCOc1ccc(NC(=O)C(C)Sc2ncnc3sc4c(c23)CCCC4)cc1. The number of amides is 1. The lowest BCUT2D eigenvalue weighted by Gasteiger charge is -2.14. The number of rotatable bonds is 6. The zero-order valence-electron chi connectivity index (χ0n) is 16.0. The highest BCUT2D eigenvalue weighted by atomic mass is 32.2. The van der Waals surface area contributed by atoms with Crippen molar-refractivity contribution in [1.29, 1.82) is 0 Å². The summed E-state index contributed by atoms with van der Waals surface area (Å²) in [5, 5.41) is 4.79. The molecule has 146 valence electrons. The number of benzene rings is 1. The van der Waals surface area contributed by atoms with Crippen LogP contribution in [-0.4, -0.2) is 27.7 Å². The summed E-state index contributed by atoms with van der Waals surface area (Å²) in [5.41, 5.74) is 2.16. The van der Waals surface area contributed by atoms with Crippen LogP contribution < -0.4 is 10.1 Å². The molecule has 0 radical (unpaired) electrons. The molecule has 1 unspecified atom stereocenters. The Morgan fingerprint density at radius 1 is 1.25 bits per heavy atom. The van der Waals surface area contributed by atoms with Crippen LogP contribution in [0.1, 0.15) is 37.1 Å². The molecule has 1 aliphatic rings. The van der Waals surface area contributed by atoms with Gasteiger partial charge in [0.25, 0.3) is 0 Å². The molecule has 1 atom stereocenters. The van der Waals surface area contributed by atoms with Crippen LogP contribution >= 0.6 is 23.1 Å².